The zero-order valence-electron chi connectivity index (χ0n) is 12.5. The third kappa shape index (κ3) is 3.88. The molecule has 0 aliphatic carbocycles. The summed E-state index contributed by atoms with van der Waals surface area (Å²) < 4.78 is 0. The van der Waals surface area contributed by atoms with Gasteiger partial charge in [-0.3, -0.25) is 4.79 Å². The van der Waals surface area contributed by atoms with Crippen LogP contribution in [0.2, 0.25) is 0 Å². The first-order valence-corrected chi connectivity index (χ1v) is 8.83. The number of ketones is 1. The Morgan fingerprint density at radius 1 is 1.00 bits per heavy atom. The molecule has 0 atom stereocenters. The normalized spacial score (nSPS) is 10.5. The molecule has 0 N–H and O–H groups in total. The first-order valence-electron chi connectivity index (χ1n) is 7.13. The lowest BCUT2D eigenvalue weighted by Crippen LogP contribution is -1.98. The molecule has 0 spiro atoms. The number of hydrogen-bond donors (Lipinski definition) is 0. The van der Waals surface area contributed by atoms with Crippen molar-refractivity contribution < 1.29 is 4.79 Å². The Bertz CT molecular complexity index is 978. The fourth-order valence-corrected chi connectivity index (χ4v) is 3.47. The molecule has 0 saturated heterocycles. The van der Waals surface area contributed by atoms with Crippen molar-refractivity contribution in [2.75, 3.05) is 0 Å². The monoisotopic (exact) mass is 345 g/mol. The van der Waals surface area contributed by atoms with Crippen molar-refractivity contribution in [1.82, 2.24) is 0 Å². The maximum Gasteiger partial charge on any atom is 0.213 e. The van der Waals surface area contributed by atoms with Crippen molar-refractivity contribution in [2.24, 2.45) is 0 Å². The van der Waals surface area contributed by atoms with Gasteiger partial charge in [0.15, 0.2) is 0 Å². The van der Waals surface area contributed by atoms with Crippen molar-refractivity contribution in [2.45, 2.75) is 0 Å². The summed E-state index contributed by atoms with van der Waals surface area (Å²) in [7, 11) is 0. The van der Waals surface area contributed by atoms with Gasteiger partial charge in [-0.2, -0.15) is 5.26 Å². The quantitative estimate of drug-likeness (QED) is 0.290. The minimum absolute atomic E-state index is 0.141. The topological polar surface area (TPSA) is 40.9 Å². The Balaban J connectivity index is 1.81. The van der Waals surface area contributed by atoms with Crippen LogP contribution in [0.5, 0.6) is 0 Å². The van der Waals surface area contributed by atoms with Crippen LogP contribution >= 0.6 is 22.7 Å². The predicted molar refractivity (Wildman–Crippen MR) is 99.0 cm³/mol. The van der Waals surface area contributed by atoms with E-state index in [4.69, 9.17) is 0 Å². The highest BCUT2D eigenvalue weighted by molar-refractivity contribution is 7.13. The van der Waals surface area contributed by atoms with Crippen LogP contribution in [0, 0.1) is 23.2 Å². The van der Waals surface area contributed by atoms with Crippen LogP contribution in [-0.2, 0) is 0 Å². The molecule has 0 unspecified atom stereocenters. The Hall–Kier alpha value is -2.92. The number of carbonyl (C=O) groups excluding carboxylic acids is 1. The van der Waals surface area contributed by atoms with Crippen LogP contribution in [0.1, 0.15) is 25.0 Å². The lowest BCUT2D eigenvalue weighted by atomic mass is 10.1. The summed E-state index contributed by atoms with van der Waals surface area (Å²) in [5.41, 5.74) is 1.09. The van der Waals surface area contributed by atoms with Gasteiger partial charge in [-0.1, -0.05) is 36.1 Å². The Morgan fingerprint density at radius 2 is 1.83 bits per heavy atom. The molecule has 2 aromatic heterocycles. The van der Waals surface area contributed by atoms with E-state index >= 15 is 0 Å². The maximum atomic E-state index is 12.3. The average molecular weight is 345 g/mol. The van der Waals surface area contributed by atoms with Gasteiger partial charge in [-0.25, -0.2) is 0 Å². The summed E-state index contributed by atoms with van der Waals surface area (Å²) in [6, 6.07) is 19.0. The van der Waals surface area contributed by atoms with Crippen LogP contribution in [0.25, 0.3) is 6.08 Å². The van der Waals surface area contributed by atoms with E-state index in [1.54, 1.807) is 18.2 Å². The van der Waals surface area contributed by atoms with Crippen LogP contribution < -0.4 is 0 Å². The first-order chi connectivity index (χ1) is 11.8. The van der Waals surface area contributed by atoms with E-state index in [9.17, 15) is 10.1 Å². The van der Waals surface area contributed by atoms with E-state index < -0.39 is 0 Å². The van der Waals surface area contributed by atoms with E-state index in [2.05, 4.69) is 11.8 Å². The van der Waals surface area contributed by atoms with Crippen LogP contribution in [0.4, 0.5) is 0 Å². The molecule has 3 rings (SSSR count). The molecule has 0 bridgehead atoms. The first kappa shape index (κ1) is 16.0. The molecular weight excluding hydrogens is 334 g/mol. The largest absolute Gasteiger partial charge is 0.287 e. The van der Waals surface area contributed by atoms with E-state index in [-0.39, 0.29) is 11.4 Å². The summed E-state index contributed by atoms with van der Waals surface area (Å²) in [6.07, 6.45) is 1.63. The van der Waals surface area contributed by atoms with Gasteiger partial charge in [-0.15, -0.1) is 22.7 Å². The molecule has 4 heteroatoms. The third-order valence-electron chi connectivity index (χ3n) is 3.13. The number of nitrogens with zero attached hydrogens (tertiary/aromatic N) is 1. The second-order valence-corrected chi connectivity index (χ2v) is 6.86. The number of nitriles is 1. The Morgan fingerprint density at radius 3 is 2.54 bits per heavy atom. The minimum atomic E-state index is -0.238. The lowest BCUT2D eigenvalue weighted by molar-refractivity contribution is 0.104. The van der Waals surface area contributed by atoms with Crippen molar-refractivity contribution in [3.05, 3.63) is 85.7 Å². The van der Waals surface area contributed by atoms with Crippen molar-refractivity contribution in [3.8, 4) is 17.9 Å². The summed E-state index contributed by atoms with van der Waals surface area (Å²) in [5, 5.41) is 11.1. The number of allylic oxidation sites excluding steroid dienone is 1. The molecule has 2 nitrogen and oxygen atoms in total. The maximum absolute atomic E-state index is 12.3. The van der Waals surface area contributed by atoms with Gasteiger partial charge in [0, 0.05) is 10.4 Å². The highest BCUT2D eigenvalue weighted by atomic mass is 32.1. The lowest BCUT2D eigenvalue weighted by Gasteiger charge is -1.94. The Kier molecular flexibility index (Phi) is 5.03. The summed E-state index contributed by atoms with van der Waals surface area (Å²) in [4.78, 5) is 14.6. The summed E-state index contributed by atoms with van der Waals surface area (Å²) >= 11 is 2.80. The van der Waals surface area contributed by atoms with Gasteiger partial charge in [0.25, 0.3) is 0 Å². The predicted octanol–water partition coefficient (Wildman–Crippen LogP) is 5.00. The van der Waals surface area contributed by atoms with Crippen LogP contribution in [-0.4, -0.2) is 5.78 Å². The second kappa shape index (κ2) is 7.57. The molecule has 24 heavy (non-hydrogen) atoms. The zero-order chi connectivity index (χ0) is 16.8. The molecule has 0 aliphatic heterocycles. The molecule has 0 amide bonds. The van der Waals surface area contributed by atoms with E-state index in [1.807, 2.05) is 53.9 Å². The molecule has 0 fully saturated rings. The zero-order valence-corrected chi connectivity index (χ0v) is 14.2. The Labute approximate surface area is 148 Å². The van der Waals surface area contributed by atoms with Crippen LogP contribution in [0.15, 0.2) is 65.6 Å². The summed E-state index contributed by atoms with van der Waals surface area (Å²) in [5.74, 6) is 5.96. The van der Waals surface area contributed by atoms with Gasteiger partial charge in [-0.05, 0) is 41.8 Å². The van der Waals surface area contributed by atoms with Crippen LogP contribution in [0.3, 0.4) is 0 Å². The fraction of sp³-hybridized carbons (Fsp3) is 0. The number of Topliss-reactive ketones (excluding diaryl/α,β-unsaturated/α-hetero) is 1. The average Bonchev–Trinajstić information content (AvgIpc) is 3.30. The smallest absolute Gasteiger partial charge is 0.213 e. The van der Waals surface area contributed by atoms with Crippen molar-refractivity contribution >= 4 is 34.5 Å². The molecule has 0 radical (unpaired) electrons. The number of carbonyl (C=O) groups is 1. The fourth-order valence-electron chi connectivity index (χ4n) is 1.98. The molecule has 2 heterocycles. The summed E-state index contributed by atoms with van der Waals surface area (Å²) in [6.45, 7) is 0. The van der Waals surface area contributed by atoms with E-state index in [1.165, 1.54) is 22.7 Å². The molecule has 3 aromatic rings. The number of benzene rings is 1. The number of thiophene rings is 2. The van der Waals surface area contributed by atoms with Crippen molar-refractivity contribution in [1.29, 1.82) is 5.26 Å². The highest BCUT2D eigenvalue weighted by Crippen LogP contribution is 2.21. The van der Waals surface area contributed by atoms with Gasteiger partial charge in [0.05, 0.1) is 9.75 Å². The molecule has 1 aromatic carbocycles. The number of hydrogen-bond acceptors (Lipinski definition) is 4. The molecular formula is C20H11NOS2. The molecule has 0 saturated carbocycles. The van der Waals surface area contributed by atoms with E-state index in [0.717, 1.165) is 15.3 Å². The van der Waals surface area contributed by atoms with E-state index in [0.29, 0.717) is 4.88 Å². The van der Waals surface area contributed by atoms with Gasteiger partial charge in [0.1, 0.15) is 11.6 Å². The van der Waals surface area contributed by atoms with Gasteiger partial charge < -0.3 is 0 Å². The minimum Gasteiger partial charge on any atom is -0.287 e. The standard InChI is InChI=1S/C20H11NOS2/c21-14-16(20(22)19-7-4-12-23-19)13-18-11-10-17(24-18)9-8-15-5-2-1-3-6-15/h1-7,10-13H/b16-13-. The van der Waals surface area contributed by atoms with Crippen molar-refractivity contribution in [3.63, 3.8) is 0 Å². The molecule has 0 aliphatic rings. The SMILES string of the molecule is N#C/C(=C/c1ccc(C#Cc2ccccc2)s1)C(=O)c1cccs1. The second-order valence-electron chi connectivity index (χ2n) is 4.79. The molecule has 114 valence electrons. The number of rotatable bonds is 3. The highest BCUT2D eigenvalue weighted by Gasteiger charge is 2.13. The van der Waals surface area contributed by atoms with Gasteiger partial charge in [0.2, 0.25) is 5.78 Å². The third-order valence-corrected chi connectivity index (χ3v) is 4.94. The van der Waals surface area contributed by atoms with Gasteiger partial charge >= 0.3 is 0 Å².